The smallest absolute Gasteiger partial charge is 0.355 e. The number of hydrogen-bond donors (Lipinski definition) is 0. The minimum absolute atomic E-state index is 0.130. The van der Waals surface area contributed by atoms with Gasteiger partial charge >= 0.3 is 6.18 Å². The van der Waals surface area contributed by atoms with Gasteiger partial charge in [0.15, 0.2) is 10.7 Å². The minimum atomic E-state index is -4.47. The molecule has 0 aliphatic carbocycles. The fourth-order valence-corrected chi connectivity index (χ4v) is 4.78. The van der Waals surface area contributed by atoms with Crippen LogP contribution >= 0.6 is 11.3 Å². The Kier molecular flexibility index (Phi) is 4.95. The number of halogens is 3. The Balaban J connectivity index is 1.23. The van der Waals surface area contributed by atoms with Gasteiger partial charge in [-0.05, 0) is 24.7 Å². The maximum atomic E-state index is 12.7. The van der Waals surface area contributed by atoms with Crippen LogP contribution in [-0.4, -0.2) is 56.3 Å². The second kappa shape index (κ2) is 7.66. The van der Waals surface area contributed by atoms with Gasteiger partial charge in [-0.3, -0.25) is 4.98 Å². The first kappa shape index (κ1) is 20.0. The molecule has 0 unspecified atom stereocenters. The van der Waals surface area contributed by atoms with E-state index in [-0.39, 0.29) is 5.41 Å². The van der Waals surface area contributed by atoms with E-state index in [4.69, 9.17) is 4.98 Å². The summed E-state index contributed by atoms with van der Waals surface area (Å²) in [6.07, 6.45) is 3.96. The molecule has 12 heteroatoms. The first-order chi connectivity index (χ1) is 14.9. The summed E-state index contributed by atoms with van der Waals surface area (Å²) in [5.74, 6) is 1.33. The number of anilines is 2. The van der Waals surface area contributed by atoms with Gasteiger partial charge in [0.1, 0.15) is 22.8 Å². The van der Waals surface area contributed by atoms with Crippen molar-refractivity contribution < 1.29 is 13.2 Å². The summed E-state index contributed by atoms with van der Waals surface area (Å²) in [6.45, 7) is 3.24. The van der Waals surface area contributed by atoms with Gasteiger partial charge < -0.3 is 9.80 Å². The number of nitrogens with zero attached hydrogens (tertiary/aromatic N) is 8. The largest absolute Gasteiger partial charge is 0.434 e. The molecule has 0 radical (unpaired) electrons. The van der Waals surface area contributed by atoms with Crippen LogP contribution in [0.15, 0.2) is 30.3 Å². The normalized spacial score (nSPS) is 18.7. The summed E-state index contributed by atoms with van der Waals surface area (Å²) in [5.41, 5.74) is 1.55. The molecule has 0 atom stereocenters. The summed E-state index contributed by atoms with van der Waals surface area (Å²) >= 11 is 1.42. The summed E-state index contributed by atoms with van der Waals surface area (Å²) in [4.78, 5) is 20.8. The third-order valence-electron chi connectivity index (χ3n) is 6.04. The molecule has 3 aromatic heterocycles. The topological polar surface area (TPSA) is 83.8 Å². The highest BCUT2D eigenvalue weighted by molar-refractivity contribution is 7.12. The third kappa shape index (κ3) is 4.03. The Bertz CT molecular complexity index is 1030. The average Bonchev–Trinajstić information content (AvgIpc) is 3.45. The highest BCUT2D eigenvalue weighted by Gasteiger charge is 2.41. The zero-order valence-corrected chi connectivity index (χ0v) is 17.3. The molecule has 5 rings (SSSR count). The Morgan fingerprint density at radius 3 is 2.32 bits per heavy atom. The minimum Gasteiger partial charge on any atom is -0.355 e. The van der Waals surface area contributed by atoms with Crippen LogP contribution in [0.25, 0.3) is 10.7 Å². The third-order valence-corrected chi connectivity index (χ3v) is 6.75. The second-order valence-corrected chi connectivity index (χ2v) is 8.76. The van der Waals surface area contributed by atoms with Crippen molar-refractivity contribution in [2.75, 3.05) is 36.0 Å². The zero-order valence-electron chi connectivity index (χ0n) is 16.5. The lowest BCUT2D eigenvalue weighted by molar-refractivity contribution is -0.141. The van der Waals surface area contributed by atoms with E-state index in [0.29, 0.717) is 11.5 Å². The van der Waals surface area contributed by atoms with E-state index in [2.05, 4.69) is 30.0 Å². The van der Waals surface area contributed by atoms with Crippen molar-refractivity contribution in [2.24, 2.45) is 5.41 Å². The van der Waals surface area contributed by atoms with E-state index in [1.54, 1.807) is 17.9 Å². The second-order valence-electron chi connectivity index (χ2n) is 7.92. The molecule has 3 aromatic rings. The van der Waals surface area contributed by atoms with E-state index < -0.39 is 11.9 Å². The van der Waals surface area contributed by atoms with Crippen LogP contribution < -0.4 is 9.80 Å². The Morgan fingerprint density at radius 2 is 1.68 bits per heavy atom. The lowest BCUT2D eigenvalue weighted by atomic mass is 9.78. The molecule has 31 heavy (non-hydrogen) atoms. The van der Waals surface area contributed by atoms with Gasteiger partial charge in [0.25, 0.3) is 0 Å². The number of rotatable bonds is 3. The Morgan fingerprint density at radius 1 is 0.903 bits per heavy atom. The fraction of sp³-hybridized carbons (Fsp3) is 0.474. The average molecular weight is 448 g/mol. The number of alkyl halides is 3. The monoisotopic (exact) mass is 448 g/mol. The summed E-state index contributed by atoms with van der Waals surface area (Å²) in [5, 5.41) is 8.65. The zero-order chi connectivity index (χ0) is 21.5. The molecule has 2 aliphatic heterocycles. The molecule has 2 aliphatic rings. The van der Waals surface area contributed by atoms with Crippen molar-refractivity contribution in [3.8, 4) is 10.7 Å². The maximum Gasteiger partial charge on any atom is 0.434 e. The highest BCUT2D eigenvalue weighted by atomic mass is 32.1. The first-order valence-electron chi connectivity index (χ1n) is 9.90. The Hall–Kier alpha value is -2.89. The molecule has 0 bridgehead atoms. The van der Waals surface area contributed by atoms with Crippen LogP contribution in [0.1, 0.15) is 25.0 Å². The van der Waals surface area contributed by atoms with E-state index in [0.717, 1.165) is 62.5 Å². The molecule has 1 spiro atoms. The predicted octanol–water partition coefficient (Wildman–Crippen LogP) is 3.30. The lowest BCUT2D eigenvalue weighted by Crippen LogP contribution is -2.42. The lowest BCUT2D eigenvalue weighted by Gasteiger charge is -2.39. The number of piperidine rings is 1. The van der Waals surface area contributed by atoms with Crippen LogP contribution in [0, 0.1) is 5.41 Å². The maximum absolute atomic E-state index is 12.7. The van der Waals surface area contributed by atoms with Crippen molar-refractivity contribution in [1.82, 2.24) is 30.1 Å². The molecule has 2 fully saturated rings. The summed E-state index contributed by atoms with van der Waals surface area (Å²) < 4.78 is 38.2. The van der Waals surface area contributed by atoms with E-state index in [1.165, 1.54) is 17.5 Å². The van der Waals surface area contributed by atoms with Gasteiger partial charge in [0.05, 0.1) is 24.8 Å². The van der Waals surface area contributed by atoms with Crippen molar-refractivity contribution in [3.63, 3.8) is 0 Å². The molecule has 0 saturated carbocycles. The molecular formula is C19H19F3N8S. The predicted molar refractivity (Wildman–Crippen MR) is 109 cm³/mol. The Labute approximate surface area is 180 Å². The van der Waals surface area contributed by atoms with Crippen LogP contribution in [0.5, 0.6) is 0 Å². The van der Waals surface area contributed by atoms with Crippen LogP contribution in [0.2, 0.25) is 0 Å². The standard InChI is InChI=1S/C19H19F3N8S/c20-19(21,22)14-8-25-15(10-24-14)30-6-3-18(11-30)1-4-29(5-2-18)16-9-23-7-13(27-16)17-28-26-12-31-17/h7-10,12H,1-6,11H2. The van der Waals surface area contributed by atoms with Crippen LogP contribution in [0.3, 0.4) is 0 Å². The SMILES string of the molecule is FC(F)(F)c1cnc(N2CCC3(CCN(c4cncc(-c5nncs5)n4)CC3)C2)cn1. The van der Waals surface area contributed by atoms with Gasteiger partial charge in [0.2, 0.25) is 0 Å². The van der Waals surface area contributed by atoms with Crippen molar-refractivity contribution >= 4 is 23.0 Å². The quantitative estimate of drug-likeness (QED) is 0.604. The van der Waals surface area contributed by atoms with Gasteiger partial charge in [-0.2, -0.15) is 13.2 Å². The molecule has 5 heterocycles. The van der Waals surface area contributed by atoms with Gasteiger partial charge in [-0.15, -0.1) is 10.2 Å². The van der Waals surface area contributed by atoms with Crippen LogP contribution in [0.4, 0.5) is 24.8 Å². The molecule has 8 nitrogen and oxygen atoms in total. The number of aromatic nitrogens is 6. The number of hydrogen-bond acceptors (Lipinski definition) is 9. The molecule has 162 valence electrons. The van der Waals surface area contributed by atoms with Crippen molar-refractivity contribution in [2.45, 2.75) is 25.4 Å². The molecule has 2 saturated heterocycles. The van der Waals surface area contributed by atoms with Gasteiger partial charge in [-0.1, -0.05) is 11.3 Å². The van der Waals surface area contributed by atoms with Crippen LogP contribution in [-0.2, 0) is 6.18 Å². The van der Waals surface area contributed by atoms with Crippen molar-refractivity contribution in [1.29, 1.82) is 0 Å². The molecule has 0 N–H and O–H groups in total. The van der Waals surface area contributed by atoms with E-state index in [1.807, 2.05) is 4.90 Å². The molecular weight excluding hydrogens is 429 g/mol. The summed E-state index contributed by atoms with van der Waals surface area (Å²) in [7, 11) is 0. The highest BCUT2D eigenvalue weighted by Crippen LogP contribution is 2.42. The van der Waals surface area contributed by atoms with E-state index in [9.17, 15) is 13.2 Å². The van der Waals surface area contributed by atoms with E-state index >= 15 is 0 Å². The molecule has 0 amide bonds. The van der Waals surface area contributed by atoms with Gasteiger partial charge in [0, 0.05) is 26.2 Å². The first-order valence-corrected chi connectivity index (χ1v) is 10.8. The summed E-state index contributed by atoms with van der Waals surface area (Å²) in [6, 6.07) is 0. The fourth-order valence-electron chi connectivity index (χ4n) is 4.28. The molecule has 0 aromatic carbocycles. The van der Waals surface area contributed by atoms with Crippen molar-refractivity contribution in [3.05, 3.63) is 36.0 Å². The van der Waals surface area contributed by atoms with Gasteiger partial charge in [-0.25, -0.2) is 15.0 Å².